The highest BCUT2D eigenvalue weighted by Crippen LogP contribution is 2.16. The molecule has 1 rings (SSSR count). The van der Waals surface area contributed by atoms with Gasteiger partial charge in [0.05, 0.1) is 0 Å². The van der Waals surface area contributed by atoms with Crippen LogP contribution in [0.2, 0.25) is 0 Å². The van der Waals surface area contributed by atoms with Crippen LogP contribution in [0.3, 0.4) is 0 Å². The van der Waals surface area contributed by atoms with Crippen molar-refractivity contribution in [3.05, 3.63) is 28.7 Å². The molecule has 1 aromatic rings. The third-order valence-corrected chi connectivity index (χ3v) is 1.54. The van der Waals surface area contributed by atoms with Crippen molar-refractivity contribution in [2.24, 2.45) is 5.73 Å². The SMILES string of the molecule is NCOc1cccc(Br)c1. The van der Waals surface area contributed by atoms with E-state index in [2.05, 4.69) is 15.9 Å². The standard InChI is InChI=1S/C7H8BrNO/c8-6-2-1-3-7(4-6)10-5-9/h1-4H,5,9H2. The third kappa shape index (κ3) is 2.01. The molecule has 0 aliphatic carbocycles. The fourth-order valence-electron chi connectivity index (χ4n) is 0.653. The van der Waals surface area contributed by atoms with Gasteiger partial charge in [-0.25, -0.2) is 0 Å². The first-order valence-electron chi connectivity index (χ1n) is 2.91. The Morgan fingerprint density at radius 2 is 2.30 bits per heavy atom. The summed E-state index contributed by atoms with van der Waals surface area (Å²) in [5, 5.41) is 0. The van der Waals surface area contributed by atoms with Gasteiger partial charge in [0.25, 0.3) is 0 Å². The van der Waals surface area contributed by atoms with Gasteiger partial charge in [-0.05, 0) is 18.2 Å². The highest BCUT2D eigenvalue weighted by atomic mass is 79.9. The predicted molar refractivity (Wildman–Crippen MR) is 43.8 cm³/mol. The lowest BCUT2D eigenvalue weighted by Crippen LogP contribution is -2.06. The van der Waals surface area contributed by atoms with Crippen LogP contribution in [0.15, 0.2) is 28.7 Å². The molecule has 3 heteroatoms. The van der Waals surface area contributed by atoms with Crippen molar-refractivity contribution in [3.8, 4) is 5.75 Å². The molecule has 0 bridgehead atoms. The van der Waals surface area contributed by atoms with Gasteiger partial charge < -0.3 is 4.74 Å². The van der Waals surface area contributed by atoms with Crippen molar-refractivity contribution in [3.63, 3.8) is 0 Å². The van der Waals surface area contributed by atoms with Crippen LogP contribution in [-0.2, 0) is 0 Å². The zero-order valence-corrected chi connectivity index (χ0v) is 6.97. The molecule has 0 aliphatic heterocycles. The third-order valence-electron chi connectivity index (χ3n) is 1.05. The van der Waals surface area contributed by atoms with Crippen molar-refractivity contribution in [2.75, 3.05) is 6.73 Å². The van der Waals surface area contributed by atoms with Crippen LogP contribution in [0, 0.1) is 0 Å². The maximum absolute atomic E-state index is 5.17. The number of ether oxygens (including phenoxy) is 1. The van der Waals surface area contributed by atoms with Crippen LogP contribution in [0.1, 0.15) is 0 Å². The monoisotopic (exact) mass is 201 g/mol. The Kier molecular flexibility index (Phi) is 2.71. The molecule has 0 radical (unpaired) electrons. The predicted octanol–water partition coefficient (Wildman–Crippen LogP) is 1.74. The summed E-state index contributed by atoms with van der Waals surface area (Å²) in [6.07, 6.45) is 0. The minimum atomic E-state index is 0.219. The number of benzene rings is 1. The number of halogens is 1. The fourth-order valence-corrected chi connectivity index (χ4v) is 1.03. The van der Waals surface area contributed by atoms with Crippen molar-refractivity contribution >= 4 is 15.9 Å². The summed E-state index contributed by atoms with van der Waals surface area (Å²) in [6.45, 7) is 0.219. The summed E-state index contributed by atoms with van der Waals surface area (Å²) in [6, 6.07) is 7.56. The normalized spacial score (nSPS) is 9.40. The average molecular weight is 202 g/mol. The van der Waals surface area contributed by atoms with Gasteiger partial charge in [-0.3, -0.25) is 5.73 Å². The van der Waals surface area contributed by atoms with E-state index < -0.39 is 0 Å². The lowest BCUT2D eigenvalue weighted by Gasteiger charge is -2.00. The van der Waals surface area contributed by atoms with E-state index in [1.807, 2.05) is 24.3 Å². The second-order valence-corrected chi connectivity index (χ2v) is 2.68. The molecule has 0 fully saturated rings. The van der Waals surface area contributed by atoms with Gasteiger partial charge in [0.1, 0.15) is 12.5 Å². The molecule has 0 atom stereocenters. The molecule has 10 heavy (non-hydrogen) atoms. The van der Waals surface area contributed by atoms with Gasteiger partial charge in [0.2, 0.25) is 0 Å². The summed E-state index contributed by atoms with van der Waals surface area (Å²) < 4.78 is 6.03. The molecule has 54 valence electrons. The summed E-state index contributed by atoms with van der Waals surface area (Å²) >= 11 is 3.31. The Morgan fingerprint density at radius 1 is 1.50 bits per heavy atom. The molecule has 0 aromatic heterocycles. The topological polar surface area (TPSA) is 35.2 Å². The van der Waals surface area contributed by atoms with E-state index in [-0.39, 0.29) is 6.73 Å². The molecule has 0 unspecified atom stereocenters. The molecular formula is C7H8BrNO. The number of nitrogens with two attached hydrogens (primary N) is 1. The first-order chi connectivity index (χ1) is 4.83. The quantitative estimate of drug-likeness (QED) is 0.741. The van der Waals surface area contributed by atoms with E-state index in [0.29, 0.717) is 0 Å². The van der Waals surface area contributed by atoms with E-state index in [1.54, 1.807) is 0 Å². The highest BCUT2D eigenvalue weighted by Gasteiger charge is 1.90. The van der Waals surface area contributed by atoms with Gasteiger partial charge in [-0.2, -0.15) is 0 Å². The van der Waals surface area contributed by atoms with Crippen LogP contribution >= 0.6 is 15.9 Å². The Hall–Kier alpha value is -0.540. The van der Waals surface area contributed by atoms with Crippen molar-refractivity contribution < 1.29 is 4.74 Å². The maximum Gasteiger partial charge on any atom is 0.137 e. The lowest BCUT2D eigenvalue weighted by molar-refractivity contribution is 0.329. The van der Waals surface area contributed by atoms with E-state index in [0.717, 1.165) is 10.2 Å². The van der Waals surface area contributed by atoms with Gasteiger partial charge >= 0.3 is 0 Å². The number of hydrogen-bond donors (Lipinski definition) is 1. The smallest absolute Gasteiger partial charge is 0.137 e. The van der Waals surface area contributed by atoms with Gasteiger partial charge in [0.15, 0.2) is 0 Å². The second kappa shape index (κ2) is 3.58. The molecule has 0 spiro atoms. The summed E-state index contributed by atoms with van der Waals surface area (Å²) in [5.41, 5.74) is 5.17. The first kappa shape index (κ1) is 7.57. The first-order valence-corrected chi connectivity index (χ1v) is 3.70. The lowest BCUT2D eigenvalue weighted by atomic mass is 10.3. The zero-order valence-electron chi connectivity index (χ0n) is 5.38. The van der Waals surface area contributed by atoms with E-state index in [9.17, 15) is 0 Å². The summed E-state index contributed by atoms with van der Waals surface area (Å²) in [5.74, 6) is 0.789. The minimum absolute atomic E-state index is 0.219. The molecule has 0 aliphatic rings. The van der Waals surface area contributed by atoms with Crippen molar-refractivity contribution in [1.82, 2.24) is 0 Å². The Balaban J connectivity index is 2.75. The molecule has 2 N–H and O–H groups in total. The molecule has 2 nitrogen and oxygen atoms in total. The van der Waals surface area contributed by atoms with Crippen molar-refractivity contribution in [2.45, 2.75) is 0 Å². The van der Waals surface area contributed by atoms with E-state index >= 15 is 0 Å². The maximum atomic E-state index is 5.17. The van der Waals surface area contributed by atoms with Crippen LogP contribution in [0.4, 0.5) is 0 Å². The van der Waals surface area contributed by atoms with Crippen LogP contribution in [0.25, 0.3) is 0 Å². The van der Waals surface area contributed by atoms with E-state index in [1.165, 1.54) is 0 Å². The van der Waals surface area contributed by atoms with Crippen molar-refractivity contribution in [1.29, 1.82) is 0 Å². The molecule has 0 amide bonds. The zero-order chi connectivity index (χ0) is 7.40. The Morgan fingerprint density at radius 3 is 2.90 bits per heavy atom. The van der Waals surface area contributed by atoms with Gasteiger partial charge in [-0.1, -0.05) is 22.0 Å². The molecule has 0 heterocycles. The highest BCUT2D eigenvalue weighted by molar-refractivity contribution is 9.10. The fraction of sp³-hybridized carbons (Fsp3) is 0.143. The van der Waals surface area contributed by atoms with Crippen LogP contribution in [0.5, 0.6) is 5.75 Å². The van der Waals surface area contributed by atoms with Crippen LogP contribution < -0.4 is 10.5 Å². The number of rotatable bonds is 2. The second-order valence-electron chi connectivity index (χ2n) is 1.77. The molecule has 0 saturated carbocycles. The largest absolute Gasteiger partial charge is 0.479 e. The van der Waals surface area contributed by atoms with Crippen LogP contribution in [-0.4, -0.2) is 6.73 Å². The summed E-state index contributed by atoms with van der Waals surface area (Å²) in [7, 11) is 0. The number of hydrogen-bond acceptors (Lipinski definition) is 2. The Bertz CT molecular complexity index is 215. The minimum Gasteiger partial charge on any atom is -0.479 e. The van der Waals surface area contributed by atoms with Gasteiger partial charge in [0, 0.05) is 4.47 Å². The summed E-state index contributed by atoms with van der Waals surface area (Å²) in [4.78, 5) is 0. The molecule has 1 aromatic carbocycles. The molecule has 0 saturated heterocycles. The average Bonchev–Trinajstić information content (AvgIpc) is 1.88. The Labute approximate surface area is 68.1 Å². The van der Waals surface area contributed by atoms with E-state index in [4.69, 9.17) is 10.5 Å². The molecular weight excluding hydrogens is 194 g/mol. The van der Waals surface area contributed by atoms with Gasteiger partial charge in [-0.15, -0.1) is 0 Å².